The van der Waals surface area contributed by atoms with E-state index < -0.39 is 17.5 Å². The molecule has 0 amide bonds. The maximum atomic E-state index is 13.9. The summed E-state index contributed by atoms with van der Waals surface area (Å²) in [6, 6.07) is 6.78. The molecule has 0 saturated carbocycles. The minimum atomic E-state index is -3.90. The van der Waals surface area contributed by atoms with Gasteiger partial charge in [-0.1, -0.05) is 24.3 Å². The maximum Gasteiger partial charge on any atom is 0.380 e. The van der Waals surface area contributed by atoms with Crippen LogP contribution in [0.3, 0.4) is 0 Å². The van der Waals surface area contributed by atoms with Crippen molar-refractivity contribution in [1.29, 1.82) is 0 Å². The number of benzene rings is 1. The van der Waals surface area contributed by atoms with E-state index >= 15 is 0 Å². The monoisotopic (exact) mass is 256 g/mol. The third kappa shape index (κ3) is 1.88. The lowest BCUT2D eigenvalue weighted by molar-refractivity contribution is -0.211. The van der Waals surface area contributed by atoms with Gasteiger partial charge in [0.05, 0.1) is 6.61 Å². The van der Waals surface area contributed by atoms with Crippen LogP contribution in [0.2, 0.25) is 0 Å². The highest BCUT2D eigenvalue weighted by molar-refractivity contribution is 5.79. The summed E-state index contributed by atoms with van der Waals surface area (Å²) in [7, 11) is 0. The molecule has 1 aliphatic rings. The van der Waals surface area contributed by atoms with E-state index in [9.17, 15) is 18.7 Å². The van der Waals surface area contributed by atoms with Crippen LogP contribution in [-0.2, 0) is 22.4 Å². The van der Waals surface area contributed by atoms with Gasteiger partial charge in [0.2, 0.25) is 0 Å². The summed E-state index contributed by atoms with van der Waals surface area (Å²) in [6.45, 7) is 1.30. The largest absolute Gasteiger partial charge is 0.461 e. The Morgan fingerprint density at radius 1 is 1.39 bits per heavy atom. The molecule has 2 rings (SSSR count). The van der Waals surface area contributed by atoms with Gasteiger partial charge in [0.15, 0.2) is 0 Å². The average molecular weight is 256 g/mol. The zero-order chi connectivity index (χ0) is 13.4. The molecule has 1 aliphatic carbocycles. The van der Waals surface area contributed by atoms with Crippen LogP contribution in [0.1, 0.15) is 18.1 Å². The SMILES string of the molecule is CCOC(=O)C(F)(F)C1(O)Cc2ccccc2C1. The molecule has 1 aromatic rings. The molecule has 0 radical (unpaired) electrons. The van der Waals surface area contributed by atoms with E-state index in [2.05, 4.69) is 4.74 Å². The average Bonchev–Trinajstić information content (AvgIpc) is 2.67. The number of fused-ring (bicyclic) bond motifs is 1. The molecule has 0 spiro atoms. The highest BCUT2D eigenvalue weighted by Crippen LogP contribution is 2.41. The van der Waals surface area contributed by atoms with Crippen molar-refractivity contribution in [2.75, 3.05) is 6.61 Å². The van der Waals surface area contributed by atoms with Crippen LogP contribution < -0.4 is 0 Å². The number of hydrogen-bond acceptors (Lipinski definition) is 3. The summed E-state index contributed by atoms with van der Waals surface area (Å²) in [6.07, 6.45) is -0.482. The summed E-state index contributed by atoms with van der Waals surface area (Å²) >= 11 is 0. The molecule has 1 aromatic carbocycles. The van der Waals surface area contributed by atoms with Crippen molar-refractivity contribution in [2.24, 2.45) is 0 Å². The number of carbonyl (C=O) groups is 1. The molecule has 0 aliphatic heterocycles. The molecule has 0 aromatic heterocycles. The molecule has 0 atom stereocenters. The Kier molecular flexibility index (Phi) is 3.11. The molecule has 18 heavy (non-hydrogen) atoms. The molecule has 0 fully saturated rings. The van der Waals surface area contributed by atoms with Crippen molar-refractivity contribution in [1.82, 2.24) is 0 Å². The van der Waals surface area contributed by atoms with Crippen molar-refractivity contribution in [3.05, 3.63) is 35.4 Å². The predicted molar refractivity (Wildman–Crippen MR) is 60.4 cm³/mol. The zero-order valence-corrected chi connectivity index (χ0v) is 9.95. The van der Waals surface area contributed by atoms with Gasteiger partial charge in [-0.15, -0.1) is 0 Å². The summed E-state index contributed by atoms with van der Waals surface area (Å²) < 4.78 is 32.2. The Morgan fingerprint density at radius 3 is 2.33 bits per heavy atom. The minimum Gasteiger partial charge on any atom is -0.461 e. The first-order valence-corrected chi connectivity index (χ1v) is 5.75. The third-order valence-corrected chi connectivity index (χ3v) is 3.20. The molecule has 3 nitrogen and oxygen atoms in total. The van der Waals surface area contributed by atoms with Crippen LogP contribution in [0.25, 0.3) is 0 Å². The van der Waals surface area contributed by atoms with Crippen molar-refractivity contribution in [3.8, 4) is 0 Å². The van der Waals surface area contributed by atoms with Crippen molar-refractivity contribution in [3.63, 3.8) is 0 Å². The number of esters is 1. The van der Waals surface area contributed by atoms with Gasteiger partial charge in [0, 0.05) is 12.8 Å². The Balaban J connectivity index is 2.27. The second-order valence-corrected chi connectivity index (χ2v) is 4.45. The fourth-order valence-electron chi connectivity index (χ4n) is 2.23. The Bertz CT molecular complexity index is 446. The van der Waals surface area contributed by atoms with Gasteiger partial charge in [-0.3, -0.25) is 0 Å². The number of rotatable bonds is 3. The summed E-state index contributed by atoms with van der Waals surface area (Å²) in [4.78, 5) is 11.3. The van der Waals surface area contributed by atoms with E-state index in [1.54, 1.807) is 24.3 Å². The fraction of sp³-hybridized carbons (Fsp3) is 0.462. The van der Waals surface area contributed by atoms with Gasteiger partial charge < -0.3 is 9.84 Å². The smallest absolute Gasteiger partial charge is 0.380 e. The van der Waals surface area contributed by atoms with Crippen LogP contribution in [0.15, 0.2) is 24.3 Å². The Morgan fingerprint density at radius 2 is 1.89 bits per heavy atom. The van der Waals surface area contributed by atoms with E-state index in [1.165, 1.54) is 6.92 Å². The molecule has 0 saturated heterocycles. The predicted octanol–water partition coefficient (Wildman–Crippen LogP) is 1.71. The van der Waals surface area contributed by atoms with Crippen molar-refractivity contribution in [2.45, 2.75) is 31.3 Å². The Hall–Kier alpha value is -1.49. The highest BCUT2D eigenvalue weighted by Gasteiger charge is 2.61. The fourth-order valence-corrected chi connectivity index (χ4v) is 2.23. The summed E-state index contributed by atoms with van der Waals surface area (Å²) in [5, 5.41) is 10.1. The minimum absolute atomic E-state index is 0.141. The number of ether oxygens (including phenoxy) is 1. The Labute approximate surface area is 103 Å². The van der Waals surface area contributed by atoms with Crippen molar-refractivity contribution < 1.29 is 23.4 Å². The second kappa shape index (κ2) is 4.31. The highest BCUT2D eigenvalue weighted by atomic mass is 19.3. The topological polar surface area (TPSA) is 46.5 Å². The second-order valence-electron chi connectivity index (χ2n) is 4.45. The van der Waals surface area contributed by atoms with E-state index in [0.717, 1.165) is 0 Å². The quantitative estimate of drug-likeness (QED) is 0.837. The van der Waals surface area contributed by atoms with E-state index in [0.29, 0.717) is 11.1 Å². The van der Waals surface area contributed by atoms with Gasteiger partial charge >= 0.3 is 11.9 Å². The number of hydrogen-bond donors (Lipinski definition) is 1. The van der Waals surface area contributed by atoms with Gasteiger partial charge in [0.25, 0.3) is 0 Å². The van der Waals surface area contributed by atoms with Crippen molar-refractivity contribution >= 4 is 5.97 Å². The number of alkyl halides is 2. The third-order valence-electron chi connectivity index (χ3n) is 3.20. The lowest BCUT2D eigenvalue weighted by Crippen LogP contribution is -2.54. The lowest BCUT2D eigenvalue weighted by Gasteiger charge is -2.30. The zero-order valence-electron chi connectivity index (χ0n) is 9.95. The molecular weight excluding hydrogens is 242 g/mol. The van der Waals surface area contributed by atoms with Gasteiger partial charge in [-0.2, -0.15) is 8.78 Å². The van der Waals surface area contributed by atoms with E-state index in [1.807, 2.05) is 0 Å². The number of carbonyl (C=O) groups excluding carboxylic acids is 1. The van der Waals surface area contributed by atoms with Crippen LogP contribution in [-0.4, -0.2) is 29.2 Å². The van der Waals surface area contributed by atoms with Gasteiger partial charge in [-0.05, 0) is 18.1 Å². The summed E-state index contributed by atoms with van der Waals surface area (Å²) in [5.74, 6) is -5.57. The molecule has 0 unspecified atom stereocenters. The molecule has 0 bridgehead atoms. The first-order chi connectivity index (χ1) is 8.40. The first-order valence-electron chi connectivity index (χ1n) is 5.75. The summed E-state index contributed by atoms with van der Waals surface area (Å²) in [5.41, 5.74) is -1.10. The molecular formula is C13H14F2O3. The van der Waals surface area contributed by atoms with Crippen LogP contribution in [0.5, 0.6) is 0 Å². The van der Waals surface area contributed by atoms with Crippen LogP contribution in [0, 0.1) is 0 Å². The number of halogens is 2. The molecule has 98 valence electrons. The maximum absolute atomic E-state index is 13.9. The van der Waals surface area contributed by atoms with Crippen LogP contribution >= 0.6 is 0 Å². The standard InChI is InChI=1S/C13H14F2O3/c1-2-18-11(16)13(14,15)12(17)7-9-5-3-4-6-10(9)8-12/h3-6,17H,2,7-8H2,1H3. The molecule has 1 N–H and O–H groups in total. The van der Waals surface area contributed by atoms with E-state index in [4.69, 9.17) is 0 Å². The van der Waals surface area contributed by atoms with Gasteiger partial charge in [-0.25, -0.2) is 4.79 Å². The lowest BCUT2D eigenvalue weighted by atomic mass is 9.92. The van der Waals surface area contributed by atoms with Gasteiger partial charge in [0.1, 0.15) is 5.60 Å². The molecule has 0 heterocycles. The van der Waals surface area contributed by atoms with E-state index in [-0.39, 0.29) is 19.4 Å². The first kappa shape index (κ1) is 13.0. The molecule has 5 heteroatoms. The number of aliphatic hydroxyl groups is 1. The normalized spacial score (nSPS) is 17.3. The van der Waals surface area contributed by atoms with Crippen LogP contribution in [0.4, 0.5) is 8.78 Å².